The summed E-state index contributed by atoms with van der Waals surface area (Å²) in [6, 6.07) is 0. The van der Waals surface area contributed by atoms with Crippen LogP contribution in [0.5, 0.6) is 0 Å². The molecule has 2 aliphatic rings. The van der Waals surface area contributed by atoms with Crippen LogP contribution in [0.2, 0.25) is 0 Å². The zero-order chi connectivity index (χ0) is 13.2. The Morgan fingerprint density at radius 2 is 2.28 bits per heavy atom. The van der Waals surface area contributed by atoms with Gasteiger partial charge in [0, 0.05) is 19.6 Å². The molecule has 0 radical (unpaired) electrons. The first-order chi connectivity index (χ1) is 8.59. The second-order valence-electron chi connectivity index (χ2n) is 5.53. The third kappa shape index (κ3) is 2.36. The number of hydrogen-bond donors (Lipinski definition) is 2. The molecule has 5 heteroatoms. The first kappa shape index (κ1) is 13.3. The monoisotopic (exact) mass is 254 g/mol. The average Bonchev–Trinajstić information content (AvgIpc) is 2.97. The van der Waals surface area contributed by atoms with E-state index in [1.165, 1.54) is 0 Å². The summed E-state index contributed by atoms with van der Waals surface area (Å²) < 4.78 is 0. The molecule has 0 aromatic carbocycles. The van der Waals surface area contributed by atoms with E-state index in [-0.39, 0.29) is 17.2 Å². The number of carboxylic acid groups (broad SMARTS) is 1. The highest BCUT2D eigenvalue weighted by Gasteiger charge is 2.44. The molecule has 0 saturated carbocycles. The van der Waals surface area contributed by atoms with Gasteiger partial charge in [-0.05, 0) is 25.8 Å². The van der Waals surface area contributed by atoms with Gasteiger partial charge in [-0.2, -0.15) is 0 Å². The Morgan fingerprint density at radius 3 is 2.78 bits per heavy atom. The smallest absolute Gasteiger partial charge is 0.308 e. The van der Waals surface area contributed by atoms with Crippen LogP contribution in [0, 0.1) is 11.3 Å². The summed E-state index contributed by atoms with van der Waals surface area (Å²) in [5.74, 6) is -0.987. The van der Waals surface area contributed by atoms with Crippen molar-refractivity contribution in [3.05, 3.63) is 0 Å². The van der Waals surface area contributed by atoms with Crippen molar-refractivity contribution in [1.82, 2.24) is 10.2 Å². The number of nitrogens with one attached hydrogen (secondary N) is 1. The van der Waals surface area contributed by atoms with E-state index in [0.29, 0.717) is 19.5 Å². The zero-order valence-corrected chi connectivity index (χ0v) is 10.9. The summed E-state index contributed by atoms with van der Waals surface area (Å²) in [6.07, 6.45) is 3.36. The maximum atomic E-state index is 12.6. The third-order valence-electron chi connectivity index (χ3n) is 4.25. The Morgan fingerprint density at radius 1 is 1.50 bits per heavy atom. The van der Waals surface area contributed by atoms with Crippen molar-refractivity contribution in [2.24, 2.45) is 11.3 Å². The van der Waals surface area contributed by atoms with Gasteiger partial charge in [-0.3, -0.25) is 9.59 Å². The number of carbonyl (C=O) groups is 2. The van der Waals surface area contributed by atoms with Gasteiger partial charge >= 0.3 is 5.97 Å². The van der Waals surface area contributed by atoms with E-state index in [1.807, 2.05) is 0 Å². The number of amides is 1. The van der Waals surface area contributed by atoms with Gasteiger partial charge in [-0.15, -0.1) is 0 Å². The third-order valence-corrected chi connectivity index (χ3v) is 4.25. The lowest BCUT2D eigenvalue weighted by Gasteiger charge is -2.31. The van der Waals surface area contributed by atoms with Crippen molar-refractivity contribution in [3.63, 3.8) is 0 Å². The SMILES string of the molecule is CCCC1(C(=O)N2CCC(C(=O)O)C2)CCNC1. The van der Waals surface area contributed by atoms with E-state index in [2.05, 4.69) is 12.2 Å². The highest BCUT2D eigenvalue weighted by atomic mass is 16.4. The van der Waals surface area contributed by atoms with Crippen molar-refractivity contribution in [2.45, 2.75) is 32.6 Å². The van der Waals surface area contributed by atoms with Crippen molar-refractivity contribution >= 4 is 11.9 Å². The van der Waals surface area contributed by atoms with Crippen LogP contribution in [0.4, 0.5) is 0 Å². The number of carbonyl (C=O) groups excluding carboxylic acids is 1. The van der Waals surface area contributed by atoms with Gasteiger partial charge in [0.05, 0.1) is 11.3 Å². The fourth-order valence-electron chi connectivity index (χ4n) is 3.21. The minimum Gasteiger partial charge on any atom is -0.481 e. The Labute approximate surface area is 108 Å². The van der Waals surface area contributed by atoms with Crippen LogP contribution in [-0.2, 0) is 9.59 Å². The fraction of sp³-hybridized carbons (Fsp3) is 0.846. The quantitative estimate of drug-likeness (QED) is 0.775. The minimum absolute atomic E-state index is 0.165. The maximum absolute atomic E-state index is 12.6. The first-order valence-electron chi connectivity index (χ1n) is 6.82. The molecule has 0 bridgehead atoms. The lowest BCUT2D eigenvalue weighted by molar-refractivity contribution is -0.143. The van der Waals surface area contributed by atoms with Gasteiger partial charge in [0.2, 0.25) is 5.91 Å². The lowest BCUT2D eigenvalue weighted by Crippen LogP contribution is -2.44. The molecule has 2 aliphatic heterocycles. The van der Waals surface area contributed by atoms with E-state index in [9.17, 15) is 9.59 Å². The predicted octanol–water partition coefficient (Wildman–Crippen LogP) is 0.699. The first-order valence-corrected chi connectivity index (χ1v) is 6.82. The molecule has 2 atom stereocenters. The summed E-state index contributed by atoms with van der Waals surface area (Å²) in [6.45, 7) is 4.72. The topological polar surface area (TPSA) is 69.6 Å². The molecule has 0 aromatic heterocycles. The van der Waals surface area contributed by atoms with Crippen LogP contribution in [0.3, 0.4) is 0 Å². The number of aliphatic carboxylic acids is 1. The van der Waals surface area contributed by atoms with Crippen molar-refractivity contribution in [1.29, 1.82) is 0 Å². The Bertz CT molecular complexity index is 337. The average molecular weight is 254 g/mol. The molecule has 18 heavy (non-hydrogen) atoms. The Hall–Kier alpha value is -1.10. The van der Waals surface area contributed by atoms with Gasteiger partial charge in [0.25, 0.3) is 0 Å². The van der Waals surface area contributed by atoms with E-state index in [1.54, 1.807) is 4.90 Å². The molecule has 1 amide bonds. The largest absolute Gasteiger partial charge is 0.481 e. The molecular formula is C13H22N2O3. The van der Waals surface area contributed by atoms with Crippen LogP contribution in [-0.4, -0.2) is 48.1 Å². The van der Waals surface area contributed by atoms with E-state index < -0.39 is 5.97 Å². The van der Waals surface area contributed by atoms with Crippen LogP contribution in [0.15, 0.2) is 0 Å². The molecule has 0 aromatic rings. The second kappa shape index (κ2) is 5.26. The number of likely N-dealkylation sites (tertiary alicyclic amines) is 1. The molecule has 0 aliphatic carbocycles. The molecule has 0 spiro atoms. The predicted molar refractivity (Wildman–Crippen MR) is 67.2 cm³/mol. The van der Waals surface area contributed by atoms with Crippen molar-refractivity contribution < 1.29 is 14.7 Å². The molecule has 2 saturated heterocycles. The van der Waals surface area contributed by atoms with Crippen LogP contribution < -0.4 is 5.32 Å². The highest BCUT2D eigenvalue weighted by Crippen LogP contribution is 2.35. The summed E-state index contributed by atoms with van der Waals surface area (Å²) >= 11 is 0. The molecule has 2 N–H and O–H groups in total. The number of hydrogen-bond acceptors (Lipinski definition) is 3. The second-order valence-corrected chi connectivity index (χ2v) is 5.53. The van der Waals surface area contributed by atoms with Crippen molar-refractivity contribution in [2.75, 3.05) is 26.2 Å². The molecule has 2 unspecified atom stereocenters. The van der Waals surface area contributed by atoms with Gasteiger partial charge in [-0.25, -0.2) is 0 Å². The summed E-state index contributed by atoms with van der Waals surface area (Å²) in [7, 11) is 0. The summed E-state index contributed by atoms with van der Waals surface area (Å²) in [5.41, 5.74) is -0.276. The van der Waals surface area contributed by atoms with E-state index in [4.69, 9.17) is 5.11 Å². The fourth-order valence-corrected chi connectivity index (χ4v) is 3.21. The zero-order valence-electron chi connectivity index (χ0n) is 10.9. The van der Waals surface area contributed by atoms with Crippen molar-refractivity contribution in [3.8, 4) is 0 Å². The number of rotatable bonds is 4. The molecule has 102 valence electrons. The molecule has 5 nitrogen and oxygen atoms in total. The maximum Gasteiger partial charge on any atom is 0.308 e. The molecule has 2 rings (SSSR count). The number of carboxylic acids is 1. The van der Waals surface area contributed by atoms with Crippen LogP contribution >= 0.6 is 0 Å². The van der Waals surface area contributed by atoms with Crippen LogP contribution in [0.25, 0.3) is 0 Å². The minimum atomic E-state index is -0.778. The Balaban J connectivity index is 2.04. The highest BCUT2D eigenvalue weighted by molar-refractivity contribution is 5.84. The van der Waals surface area contributed by atoms with E-state index in [0.717, 1.165) is 32.4 Å². The molecule has 2 heterocycles. The standard InChI is InChI=1S/C13H22N2O3/c1-2-4-13(5-6-14-9-13)12(18)15-7-3-10(8-15)11(16)17/h10,14H,2-9H2,1H3,(H,16,17). The van der Waals surface area contributed by atoms with Gasteiger partial charge in [0.1, 0.15) is 0 Å². The van der Waals surface area contributed by atoms with Gasteiger partial charge < -0.3 is 15.3 Å². The van der Waals surface area contributed by atoms with Gasteiger partial charge in [-0.1, -0.05) is 13.3 Å². The lowest BCUT2D eigenvalue weighted by atomic mass is 9.81. The molecular weight excluding hydrogens is 232 g/mol. The summed E-state index contributed by atoms with van der Waals surface area (Å²) in [4.78, 5) is 25.3. The number of nitrogens with zero attached hydrogens (tertiary/aromatic N) is 1. The Kier molecular flexibility index (Phi) is 3.90. The summed E-state index contributed by atoms with van der Waals surface area (Å²) in [5, 5.41) is 12.3. The van der Waals surface area contributed by atoms with Crippen LogP contribution in [0.1, 0.15) is 32.6 Å². The molecule has 2 fully saturated rings. The van der Waals surface area contributed by atoms with E-state index >= 15 is 0 Å². The normalized spacial score (nSPS) is 31.8. The van der Waals surface area contributed by atoms with Gasteiger partial charge in [0.15, 0.2) is 0 Å².